The van der Waals surface area contributed by atoms with Crippen LogP contribution in [0.15, 0.2) is 30.7 Å². The van der Waals surface area contributed by atoms with Gasteiger partial charge in [-0.3, -0.25) is 4.98 Å². The lowest BCUT2D eigenvalue weighted by Crippen LogP contribution is -2.12. The van der Waals surface area contributed by atoms with Crippen molar-refractivity contribution in [2.24, 2.45) is 0 Å². The van der Waals surface area contributed by atoms with Gasteiger partial charge in [-0.1, -0.05) is 6.07 Å². The van der Waals surface area contributed by atoms with Gasteiger partial charge in [-0.15, -0.1) is 5.10 Å². The van der Waals surface area contributed by atoms with E-state index in [2.05, 4.69) is 30.8 Å². The van der Waals surface area contributed by atoms with Crippen LogP contribution in [0.2, 0.25) is 0 Å². The van der Waals surface area contributed by atoms with Gasteiger partial charge in [0.1, 0.15) is 6.10 Å². The number of rotatable bonds is 5. The van der Waals surface area contributed by atoms with Crippen molar-refractivity contribution < 1.29 is 4.74 Å². The smallest absolute Gasteiger partial charge is 0.213 e. The number of pyridine rings is 1. The van der Waals surface area contributed by atoms with Crippen LogP contribution < -0.4 is 10.1 Å². The summed E-state index contributed by atoms with van der Waals surface area (Å²) in [7, 11) is 0. The fourth-order valence-corrected chi connectivity index (χ4v) is 2.75. The Morgan fingerprint density at radius 3 is 2.91 bits per heavy atom. The van der Waals surface area contributed by atoms with Crippen LogP contribution in [0, 0.1) is 0 Å². The lowest BCUT2D eigenvalue weighted by Gasteiger charge is -2.12. The van der Waals surface area contributed by atoms with E-state index in [4.69, 9.17) is 4.74 Å². The minimum absolute atomic E-state index is 0.329. The molecule has 0 radical (unpaired) electrons. The van der Waals surface area contributed by atoms with Gasteiger partial charge >= 0.3 is 0 Å². The molecular weight excluding hydrogens is 294 g/mol. The number of nitrogens with one attached hydrogen (secondary N) is 1. The Labute approximate surface area is 132 Å². The zero-order valence-corrected chi connectivity index (χ0v) is 12.6. The molecule has 1 aliphatic carbocycles. The standard InChI is InChI=1S/C15H17N7O/c1-2-4-12(3-1)23-15-6-5-11(8-18-15)7-17-13-9-16-10-14-19-20-21-22(13)14/h5-6,8-10,12,17H,1-4,7H2. The molecule has 0 saturated heterocycles. The van der Waals surface area contributed by atoms with Crippen LogP contribution >= 0.6 is 0 Å². The van der Waals surface area contributed by atoms with Crippen molar-refractivity contribution in [1.29, 1.82) is 0 Å². The molecule has 3 heterocycles. The van der Waals surface area contributed by atoms with Crippen LogP contribution in [-0.4, -0.2) is 36.1 Å². The maximum atomic E-state index is 5.87. The maximum absolute atomic E-state index is 5.87. The van der Waals surface area contributed by atoms with Gasteiger partial charge in [0.05, 0.1) is 12.4 Å². The number of hydrogen-bond acceptors (Lipinski definition) is 7. The largest absolute Gasteiger partial charge is 0.474 e. The van der Waals surface area contributed by atoms with Crippen molar-refractivity contribution in [2.75, 3.05) is 5.32 Å². The van der Waals surface area contributed by atoms with E-state index in [9.17, 15) is 0 Å². The summed E-state index contributed by atoms with van der Waals surface area (Å²) in [5.41, 5.74) is 1.65. The average molecular weight is 311 g/mol. The molecule has 0 atom stereocenters. The predicted octanol–water partition coefficient (Wildman–Crippen LogP) is 1.85. The average Bonchev–Trinajstić information content (AvgIpc) is 3.25. The first-order valence-electron chi connectivity index (χ1n) is 7.76. The van der Waals surface area contributed by atoms with Gasteiger partial charge < -0.3 is 10.1 Å². The summed E-state index contributed by atoms with van der Waals surface area (Å²) in [4.78, 5) is 8.49. The first-order chi connectivity index (χ1) is 11.4. The normalized spacial score (nSPS) is 15.1. The van der Waals surface area contributed by atoms with Crippen molar-refractivity contribution in [3.05, 3.63) is 36.3 Å². The van der Waals surface area contributed by atoms with Crippen molar-refractivity contribution >= 4 is 11.5 Å². The van der Waals surface area contributed by atoms with Gasteiger partial charge in [0.2, 0.25) is 5.88 Å². The van der Waals surface area contributed by atoms with Crippen LogP contribution in [0.5, 0.6) is 5.88 Å². The van der Waals surface area contributed by atoms with Crippen molar-refractivity contribution in [3.8, 4) is 5.88 Å². The van der Waals surface area contributed by atoms with E-state index in [1.165, 1.54) is 12.8 Å². The topological polar surface area (TPSA) is 90.1 Å². The van der Waals surface area contributed by atoms with Crippen LogP contribution in [0.4, 0.5) is 5.82 Å². The molecule has 0 bridgehead atoms. The van der Waals surface area contributed by atoms with Crippen LogP contribution in [0.1, 0.15) is 31.2 Å². The third-order valence-corrected chi connectivity index (χ3v) is 3.97. The zero-order valence-electron chi connectivity index (χ0n) is 12.6. The van der Waals surface area contributed by atoms with Crippen LogP contribution in [0.3, 0.4) is 0 Å². The Morgan fingerprint density at radius 2 is 2.09 bits per heavy atom. The summed E-state index contributed by atoms with van der Waals surface area (Å²) in [6, 6.07) is 3.93. The lowest BCUT2D eigenvalue weighted by atomic mass is 10.3. The summed E-state index contributed by atoms with van der Waals surface area (Å²) < 4.78 is 7.48. The molecule has 4 rings (SSSR count). The maximum Gasteiger partial charge on any atom is 0.213 e. The molecule has 0 aliphatic heterocycles. The Morgan fingerprint density at radius 1 is 1.17 bits per heavy atom. The molecule has 8 heteroatoms. The number of tetrazole rings is 1. The highest BCUT2D eigenvalue weighted by Gasteiger charge is 2.16. The number of fused-ring (bicyclic) bond motifs is 1. The van der Waals surface area contributed by atoms with E-state index in [0.717, 1.165) is 24.2 Å². The van der Waals surface area contributed by atoms with Crippen LogP contribution in [-0.2, 0) is 6.54 Å². The third kappa shape index (κ3) is 3.05. The highest BCUT2D eigenvalue weighted by molar-refractivity contribution is 5.44. The van der Waals surface area contributed by atoms with Crippen molar-refractivity contribution in [1.82, 2.24) is 30.0 Å². The fraction of sp³-hybridized carbons (Fsp3) is 0.400. The Bertz CT molecular complexity index is 780. The molecule has 0 amide bonds. The number of ether oxygens (including phenoxy) is 1. The molecule has 23 heavy (non-hydrogen) atoms. The SMILES string of the molecule is c1cc(OC2CCCC2)ncc1CNc1cncc2nnnn12. The van der Waals surface area contributed by atoms with Gasteiger partial charge in [-0.05, 0) is 41.7 Å². The second-order valence-electron chi connectivity index (χ2n) is 5.62. The van der Waals surface area contributed by atoms with E-state index in [1.807, 2.05) is 18.3 Å². The monoisotopic (exact) mass is 311 g/mol. The van der Waals surface area contributed by atoms with Gasteiger partial charge in [-0.25, -0.2) is 4.98 Å². The Balaban J connectivity index is 1.40. The van der Waals surface area contributed by atoms with Crippen molar-refractivity contribution in [3.63, 3.8) is 0 Å². The lowest BCUT2D eigenvalue weighted by molar-refractivity contribution is 0.201. The molecule has 118 valence electrons. The molecule has 8 nitrogen and oxygen atoms in total. The highest BCUT2D eigenvalue weighted by atomic mass is 16.5. The quantitative estimate of drug-likeness (QED) is 0.769. The summed E-state index contributed by atoms with van der Waals surface area (Å²) in [5, 5.41) is 14.7. The molecule has 0 aromatic carbocycles. The third-order valence-electron chi connectivity index (χ3n) is 3.97. The molecule has 1 fully saturated rings. The van der Waals surface area contributed by atoms with Crippen molar-refractivity contribution in [2.45, 2.75) is 38.3 Å². The minimum Gasteiger partial charge on any atom is -0.474 e. The second-order valence-corrected chi connectivity index (χ2v) is 5.62. The van der Waals surface area contributed by atoms with Gasteiger partial charge in [0, 0.05) is 18.8 Å². The summed E-state index contributed by atoms with van der Waals surface area (Å²) >= 11 is 0. The van der Waals surface area contributed by atoms with E-state index < -0.39 is 0 Å². The number of nitrogens with zero attached hydrogens (tertiary/aromatic N) is 6. The minimum atomic E-state index is 0.329. The molecule has 0 spiro atoms. The molecular formula is C15H17N7O. The van der Waals surface area contributed by atoms with E-state index in [1.54, 1.807) is 16.9 Å². The van der Waals surface area contributed by atoms with E-state index >= 15 is 0 Å². The van der Waals surface area contributed by atoms with Gasteiger partial charge in [-0.2, -0.15) is 4.52 Å². The predicted molar refractivity (Wildman–Crippen MR) is 83.0 cm³/mol. The number of aromatic nitrogens is 6. The molecule has 3 aromatic heterocycles. The van der Waals surface area contributed by atoms with E-state index in [0.29, 0.717) is 24.2 Å². The van der Waals surface area contributed by atoms with Gasteiger partial charge in [0.15, 0.2) is 11.5 Å². The van der Waals surface area contributed by atoms with Gasteiger partial charge in [0.25, 0.3) is 0 Å². The number of hydrogen-bond donors (Lipinski definition) is 1. The molecule has 0 unspecified atom stereocenters. The first-order valence-corrected chi connectivity index (χ1v) is 7.76. The second kappa shape index (κ2) is 6.15. The Kier molecular flexibility index (Phi) is 3.71. The first kappa shape index (κ1) is 13.9. The highest BCUT2D eigenvalue weighted by Crippen LogP contribution is 2.23. The fourth-order valence-electron chi connectivity index (χ4n) is 2.75. The Hall–Kier alpha value is -2.77. The van der Waals surface area contributed by atoms with E-state index in [-0.39, 0.29) is 0 Å². The number of anilines is 1. The van der Waals surface area contributed by atoms with Crippen LogP contribution in [0.25, 0.3) is 5.65 Å². The molecule has 1 saturated carbocycles. The summed E-state index contributed by atoms with van der Waals surface area (Å²) in [6.07, 6.45) is 10.2. The molecule has 1 aliphatic rings. The molecule has 1 N–H and O–H groups in total. The zero-order chi connectivity index (χ0) is 15.5. The summed E-state index contributed by atoms with van der Waals surface area (Å²) in [5.74, 6) is 1.43. The summed E-state index contributed by atoms with van der Waals surface area (Å²) in [6.45, 7) is 0.608. The molecule has 3 aromatic rings.